The average Bonchev–Trinajstić information content (AvgIpc) is 3.92. The van der Waals surface area contributed by atoms with E-state index in [0.29, 0.717) is 35.6 Å². The molecule has 1 amide bonds. The molecule has 3 aromatic carbocycles. The van der Waals surface area contributed by atoms with Gasteiger partial charge >= 0.3 is 5.69 Å². The number of sulfonamides is 1. The molecular formula is C46H49ClN8O7S. The summed E-state index contributed by atoms with van der Waals surface area (Å²) in [5.74, 6) is -0.931. The zero-order chi connectivity index (χ0) is 43.9. The number of carbonyl (C=O) groups is 1. The highest BCUT2D eigenvalue weighted by atomic mass is 35.5. The van der Waals surface area contributed by atoms with Crippen molar-refractivity contribution in [1.29, 1.82) is 0 Å². The Morgan fingerprint density at radius 1 is 1.06 bits per heavy atom. The number of nitrogens with zero attached hydrogens (tertiary/aromatic N) is 6. The van der Waals surface area contributed by atoms with E-state index in [2.05, 4.69) is 50.6 Å². The number of pyridine rings is 1. The van der Waals surface area contributed by atoms with E-state index in [4.69, 9.17) is 26.1 Å². The third-order valence-corrected chi connectivity index (χ3v) is 14.0. The number of aromatic amines is 1. The first-order valence-corrected chi connectivity index (χ1v) is 23.1. The smallest absolute Gasteiger partial charge is 0.312 e. The van der Waals surface area contributed by atoms with Crippen LogP contribution in [0.15, 0.2) is 95.7 Å². The van der Waals surface area contributed by atoms with E-state index >= 15 is 0 Å². The maximum Gasteiger partial charge on any atom is 0.312 e. The normalized spacial score (nSPS) is 18.5. The summed E-state index contributed by atoms with van der Waals surface area (Å²) in [7, 11) is -4.60. The van der Waals surface area contributed by atoms with Crippen LogP contribution in [0.2, 0.25) is 5.02 Å². The third kappa shape index (κ3) is 9.16. The number of fused-ring (bicyclic) bond motifs is 2. The monoisotopic (exact) mass is 892 g/mol. The second kappa shape index (κ2) is 17.4. The van der Waals surface area contributed by atoms with E-state index in [-0.39, 0.29) is 29.3 Å². The number of ether oxygens (including phenoxy) is 2. The Labute approximate surface area is 370 Å². The number of halogens is 1. The van der Waals surface area contributed by atoms with Crippen LogP contribution in [0.25, 0.3) is 33.3 Å². The molecule has 9 rings (SSSR count). The first-order valence-electron chi connectivity index (χ1n) is 21.3. The summed E-state index contributed by atoms with van der Waals surface area (Å²) in [4.78, 5) is 37.7. The van der Waals surface area contributed by atoms with Crippen LogP contribution in [0, 0.1) is 21.4 Å². The molecule has 5 heterocycles. The minimum Gasteiger partial charge on any atom is -0.486 e. The van der Waals surface area contributed by atoms with Gasteiger partial charge in [0.05, 0.1) is 46.0 Å². The first-order chi connectivity index (χ1) is 30.3. The number of rotatable bonds is 12. The number of carbonyl (C=O) groups excluding carboxylic acids is 1. The van der Waals surface area contributed by atoms with Gasteiger partial charge in [0.25, 0.3) is 15.9 Å². The molecule has 63 heavy (non-hydrogen) atoms. The van der Waals surface area contributed by atoms with Gasteiger partial charge in [-0.3, -0.25) is 19.8 Å². The van der Waals surface area contributed by atoms with Gasteiger partial charge in [-0.2, -0.15) is 5.10 Å². The van der Waals surface area contributed by atoms with Crippen LogP contribution in [0.1, 0.15) is 61.9 Å². The zero-order valence-electron chi connectivity index (χ0n) is 35.2. The van der Waals surface area contributed by atoms with E-state index in [1.807, 2.05) is 36.4 Å². The van der Waals surface area contributed by atoms with Gasteiger partial charge in [0, 0.05) is 73.6 Å². The van der Waals surface area contributed by atoms with Crippen molar-refractivity contribution in [2.45, 2.75) is 50.8 Å². The lowest BCUT2D eigenvalue weighted by molar-refractivity contribution is -0.386. The number of amides is 1. The summed E-state index contributed by atoms with van der Waals surface area (Å²) >= 11 is 6.25. The number of H-pyrrole nitrogens is 1. The topological polar surface area (TPSA) is 178 Å². The van der Waals surface area contributed by atoms with Crippen LogP contribution in [-0.2, 0) is 14.8 Å². The lowest BCUT2D eigenvalue weighted by Crippen LogP contribution is -2.47. The standard InChI is InChI=1S/C46H49ClN8O7S/c1-46(2)15-13-33(38(25-46)31-5-7-34(47)8-6-31)27-52-17-19-53(20-18-52)35-9-11-37(40(23-35)54-41-22-32-14-16-48-44(32)50-39(41)26-49-54)45(56)51-63(59,60)36-10-12-43(42(24-36)55(57)58)62-29-30-4-3-21-61-28-30/h5-12,14,16,22-24,26,30H,3-4,13,15,17-21,25,27-29H2,1-2H3,(H,48,50)(H,51,56). The zero-order valence-corrected chi connectivity index (χ0v) is 36.8. The van der Waals surface area contributed by atoms with Gasteiger partial charge in [0.1, 0.15) is 11.2 Å². The number of nitro benzene ring substituents is 1. The van der Waals surface area contributed by atoms with E-state index in [1.165, 1.54) is 28.8 Å². The van der Waals surface area contributed by atoms with Crippen molar-refractivity contribution in [3.8, 4) is 11.4 Å². The molecule has 6 aromatic rings. The molecule has 1 aliphatic carbocycles. The second-order valence-electron chi connectivity index (χ2n) is 17.5. The van der Waals surface area contributed by atoms with Crippen molar-refractivity contribution < 1.29 is 27.6 Å². The maximum absolute atomic E-state index is 14.2. The fourth-order valence-electron chi connectivity index (χ4n) is 8.91. The van der Waals surface area contributed by atoms with Crippen LogP contribution in [0.5, 0.6) is 5.75 Å². The van der Waals surface area contributed by atoms with Gasteiger partial charge in [0.15, 0.2) is 5.75 Å². The molecule has 15 nitrogen and oxygen atoms in total. The molecule has 3 aliphatic rings. The lowest BCUT2D eigenvalue weighted by Gasteiger charge is -2.39. The predicted octanol–water partition coefficient (Wildman–Crippen LogP) is 8.17. The molecule has 328 valence electrons. The van der Waals surface area contributed by atoms with Crippen molar-refractivity contribution in [3.05, 3.63) is 117 Å². The summed E-state index contributed by atoms with van der Waals surface area (Å²) < 4.78 is 42.6. The molecule has 2 fully saturated rings. The van der Waals surface area contributed by atoms with Crippen molar-refractivity contribution >= 4 is 66.5 Å². The summed E-state index contributed by atoms with van der Waals surface area (Å²) in [6, 6.07) is 20.6. The second-order valence-corrected chi connectivity index (χ2v) is 19.6. The summed E-state index contributed by atoms with van der Waals surface area (Å²) in [5.41, 5.74) is 6.90. The average molecular weight is 893 g/mol. The number of hydrogen-bond donors (Lipinski definition) is 2. The summed E-state index contributed by atoms with van der Waals surface area (Å²) in [5, 5.41) is 18.3. The van der Waals surface area contributed by atoms with Crippen molar-refractivity contribution in [3.63, 3.8) is 0 Å². The molecule has 0 saturated carbocycles. The number of hydrogen-bond acceptors (Lipinski definition) is 11. The van der Waals surface area contributed by atoms with E-state index in [9.17, 15) is 23.3 Å². The van der Waals surface area contributed by atoms with Gasteiger partial charge in [0.2, 0.25) is 0 Å². The van der Waals surface area contributed by atoms with E-state index < -0.39 is 31.4 Å². The van der Waals surface area contributed by atoms with Gasteiger partial charge < -0.3 is 19.4 Å². The maximum atomic E-state index is 14.2. The van der Waals surface area contributed by atoms with Gasteiger partial charge in [-0.05, 0) is 103 Å². The summed E-state index contributed by atoms with van der Waals surface area (Å²) in [6.45, 7) is 9.99. The molecule has 0 spiro atoms. The molecule has 2 N–H and O–H groups in total. The van der Waals surface area contributed by atoms with Crippen LogP contribution in [0.3, 0.4) is 0 Å². The fourth-order valence-corrected chi connectivity index (χ4v) is 10.0. The van der Waals surface area contributed by atoms with Crippen LogP contribution < -0.4 is 14.4 Å². The van der Waals surface area contributed by atoms with E-state index in [1.54, 1.807) is 23.1 Å². The number of aromatic nitrogens is 4. The number of piperazine rings is 1. The summed E-state index contributed by atoms with van der Waals surface area (Å²) in [6.07, 6.45) is 8.30. The Hall–Kier alpha value is -5.81. The Morgan fingerprint density at radius 2 is 1.87 bits per heavy atom. The molecular weight excluding hydrogens is 844 g/mol. The highest BCUT2D eigenvalue weighted by molar-refractivity contribution is 7.90. The van der Waals surface area contributed by atoms with Crippen LogP contribution in [0.4, 0.5) is 11.4 Å². The highest BCUT2D eigenvalue weighted by Gasteiger charge is 2.31. The Bertz CT molecular complexity index is 2840. The molecule has 0 radical (unpaired) electrons. The molecule has 17 heteroatoms. The Morgan fingerprint density at radius 3 is 2.63 bits per heavy atom. The van der Waals surface area contributed by atoms with Crippen LogP contribution >= 0.6 is 11.6 Å². The van der Waals surface area contributed by atoms with Gasteiger partial charge in [-0.1, -0.05) is 43.2 Å². The Kier molecular flexibility index (Phi) is 11.7. The van der Waals surface area contributed by atoms with Gasteiger partial charge in [-0.15, -0.1) is 0 Å². The van der Waals surface area contributed by atoms with E-state index in [0.717, 1.165) is 87.0 Å². The number of nitrogens with one attached hydrogen (secondary N) is 2. The largest absolute Gasteiger partial charge is 0.486 e. The fraction of sp³-hybridized carbons (Fsp3) is 0.370. The minimum atomic E-state index is -4.60. The van der Waals surface area contributed by atoms with Crippen LogP contribution in [-0.4, -0.2) is 96.4 Å². The molecule has 1 atom stereocenters. The van der Waals surface area contributed by atoms with Crippen molar-refractivity contribution in [2.24, 2.45) is 11.3 Å². The SMILES string of the molecule is CC1(C)CCC(CN2CCN(c3ccc(C(=O)NS(=O)(=O)c4ccc(OCC5CCCOC5)c([N+](=O)[O-])c4)c(-n4ncc5nc6[nH]ccc6cc54)c3)CC2)=C(c2ccc(Cl)cc2)C1. The number of allylic oxidation sites excluding steroid dienone is 1. The molecule has 2 saturated heterocycles. The number of nitro groups is 1. The van der Waals surface area contributed by atoms with Crippen molar-refractivity contribution in [2.75, 3.05) is 57.4 Å². The predicted molar refractivity (Wildman–Crippen MR) is 242 cm³/mol. The van der Waals surface area contributed by atoms with Gasteiger partial charge in [-0.25, -0.2) is 22.8 Å². The highest BCUT2D eigenvalue weighted by Crippen LogP contribution is 2.43. The quantitative estimate of drug-likeness (QED) is 0.0895. The third-order valence-electron chi connectivity index (χ3n) is 12.4. The lowest BCUT2D eigenvalue weighted by atomic mass is 9.72. The number of anilines is 1. The number of benzene rings is 3. The Balaban J connectivity index is 0.976. The minimum absolute atomic E-state index is 0.0335. The molecule has 2 aliphatic heterocycles. The van der Waals surface area contributed by atoms with Crippen molar-refractivity contribution in [1.82, 2.24) is 29.4 Å². The molecule has 1 unspecified atom stereocenters. The molecule has 0 bridgehead atoms. The molecule has 3 aromatic heterocycles. The first kappa shape index (κ1) is 42.5.